The molecule has 0 aliphatic rings. The van der Waals surface area contributed by atoms with Crippen LogP contribution in [0.4, 0.5) is 4.39 Å². The number of rotatable bonds is 5. The number of nitrogens with zero attached hydrogens (tertiary/aromatic N) is 2. The lowest BCUT2D eigenvalue weighted by molar-refractivity contribution is 0.566. The highest BCUT2D eigenvalue weighted by Gasteiger charge is 2.12. The van der Waals surface area contributed by atoms with E-state index < -0.39 is 0 Å². The molecule has 1 atom stereocenters. The molecule has 0 aromatic carbocycles. The number of likely N-dealkylation sites (N-methyl/N-ethyl adjacent to an activating group) is 1. The van der Waals surface area contributed by atoms with E-state index in [2.05, 4.69) is 28.3 Å². The van der Waals surface area contributed by atoms with Crippen molar-refractivity contribution < 1.29 is 4.39 Å². The predicted molar refractivity (Wildman–Crippen MR) is 73.3 cm³/mol. The Bertz CT molecular complexity index is 525. The van der Waals surface area contributed by atoms with Crippen molar-refractivity contribution in [3.63, 3.8) is 0 Å². The van der Waals surface area contributed by atoms with Gasteiger partial charge >= 0.3 is 0 Å². The van der Waals surface area contributed by atoms with Gasteiger partial charge < -0.3 is 5.32 Å². The average molecular weight is 259 g/mol. The van der Waals surface area contributed by atoms with E-state index in [0.29, 0.717) is 6.42 Å². The minimum absolute atomic E-state index is 0.0168. The molecule has 0 bridgehead atoms. The van der Waals surface area contributed by atoms with E-state index in [1.54, 1.807) is 6.20 Å². The number of hydrogen-bond donors (Lipinski definition) is 1. The summed E-state index contributed by atoms with van der Waals surface area (Å²) in [6.45, 7) is 2.10. The summed E-state index contributed by atoms with van der Waals surface area (Å²) in [7, 11) is 1.86. The molecule has 1 unspecified atom stereocenters. The van der Waals surface area contributed by atoms with Crippen molar-refractivity contribution in [3.05, 3.63) is 59.4 Å². The van der Waals surface area contributed by atoms with Crippen LogP contribution in [0.2, 0.25) is 0 Å². The molecule has 0 aliphatic heterocycles. The van der Waals surface area contributed by atoms with Crippen molar-refractivity contribution in [1.82, 2.24) is 15.3 Å². The molecule has 3 nitrogen and oxygen atoms in total. The molecule has 0 fully saturated rings. The van der Waals surface area contributed by atoms with Gasteiger partial charge in [-0.1, -0.05) is 13.0 Å². The molecule has 2 rings (SSSR count). The van der Waals surface area contributed by atoms with Crippen molar-refractivity contribution in [2.75, 3.05) is 7.05 Å². The first-order valence-electron chi connectivity index (χ1n) is 6.44. The molecule has 2 aromatic rings. The minimum atomic E-state index is -0.313. The summed E-state index contributed by atoms with van der Waals surface area (Å²) in [5, 5.41) is 3.18. The van der Waals surface area contributed by atoms with Crippen molar-refractivity contribution in [2.45, 2.75) is 25.8 Å². The monoisotopic (exact) mass is 259 g/mol. The summed E-state index contributed by atoms with van der Waals surface area (Å²) in [6.07, 6.45) is 6.49. The molecule has 19 heavy (non-hydrogen) atoms. The smallest absolute Gasteiger partial charge is 0.141 e. The largest absolute Gasteiger partial charge is 0.313 e. The van der Waals surface area contributed by atoms with Gasteiger partial charge in [0.05, 0.1) is 6.20 Å². The van der Waals surface area contributed by atoms with Crippen LogP contribution in [0.15, 0.2) is 36.8 Å². The Balaban J connectivity index is 2.14. The second-order valence-corrected chi connectivity index (χ2v) is 4.49. The molecule has 2 heterocycles. The molecule has 0 saturated carbocycles. The van der Waals surface area contributed by atoms with Crippen LogP contribution in [-0.2, 0) is 12.8 Å². The van der Waals surface area contributed by atoms with Gasteiger partial charge in [-0.15, -0.1) is 0 Å². The van der Waals surface area contributed by atoms with Gasteiger partial charge in [0.25, 0.3) is 0 Å². The predicted octanol–water partition coefficient (Wildman–Crippen LogP) is 2.68. The second kappa shape index (κ2) is 6.38. The fourth-order valence-corrected chi connectivity index (χ4v) is 2.00. The molecule has 2 aromatic heterocycles. The van der Waals surface area contributed by atoms with Gasteiger partial charge in [-0.05, 0) is 36.7 Å². The third kappa shape index (κ3) is 3.58. The molecule has 0 aliphatic carbocycles. The van der Waals surface area contributed by atoms with E-state index in [-0.39, 0.29) is 11.9 Å². The summed E-state index contributed by atoms with van der Waals surface area (Å²) in [4.78, 5) is 8.32. The van der Waals surface area contributed by atoms with E-state index in [1.807, 2.05) is 19.3 Å². The van der Waals surface area contributed by atoms with Crippen LogP contribution in [0.1, 0.15) is 29.8 Å². The zero-order valence-electron chi connectivity index (χ0n) is 11.2. The lowest BCUT2D eigenvalue weighted by atomic mass is 10.0. The molecular weight excluding hydrogens is 241 g/mol. The third-order valence-electron chi connectivity index (χ3n) is 3.18. The van der Waals surface area contributed by atoms with Gasteiger partial charge in [0.1, 0.15) is 5.82 Å². The fraction of sp³-hybridized carbons (Fsp3) is 0.333. The minimum Gasteiger partial charge on any atom is -0.313 e. The van der Waals surface area contributed by atoms with Gasteiger partial charge in [0, 0.05) is 30.6 Å². The van der Waals surface area contributed by atoms with E-state index in [1.165, 1.54) is 17.8 Å². The van der Waals surface area contributed by atoms with Crippen LogP contribution in [-0.4, -0.2) is 17.0 Å². The van der Waals surface area contributed by atoms with Crippen molar-refractivity contribution in [2.24, 2.45) is 0 Å². The number of aryl methyl sites for hydroxylation is 1. The first-order valence-corrected chi connectivity index (χ1v) is 6.44. The number of halogens is 1. The topological polar surface area (TPSA) is 37.8 Å². The normalized spacial score (nSPS) is 12.4. The lowest BCUT2D eigenvalue weighted by Gasteiger charge is -2.16. The van der Waals surface area contributed by atoms with E-state index in [0.717, 1.165) is 17.7 Å². The first-order chi connectivity index (χ1) is 9.22. The van der Waals surface area contributed by atoms with E-state index in [4.69, 9.17) is 0 Å². The van der Waals surface area contributed by atoms with Crippen LogP contribution in [0.25, 0.3) is 0 Å². The summed E-state index contributed by atoms with van der Waals surface area (Å²) in [5.74, 6) is -0.313. The van der Waals surface area contributed by atoms with Crippen LogP contribution in [0.3, 0.4) is 0 Å². The Morgan fingerprint density at radius 2 is 2.11 bits per heavy atom. The van der Waals surface area contributed by atoms with Crippen molar-refractivity contribution in [3.8, 4) is 0 Å². The molecule has 100 valence electrons. The van der Waals surface area contributed by atoms with Gasteiger partial charge in [0.15, 0.2) is 0 Å². The molecule has 4 heteroatoms. The highest BCUT2D eigenvalue weighted by atomic mass is 19.1. The first kappa shape index (κ1) is 13.6. The van der Waals surface area contributed by atoms with Gasteiger partial charge in [-0.25, -0.2) is 4.39 Å². The summed E-state index contributed by atoms with van der Waals surface area (Å²) < 4.78 is 13.2. The molecule has 0 radical (unpaired) electrons. The van der Waals surface area contributed by atoms with E-state index in [9.17, 15) is 4.39 Å². The molecule has 0 amide bonds. The van der Waals surface area contributed by atoms with Crippen LogP contribution < -0.4 is 5.32 Å². The standard InChI is InChI=1S/C15H18FN3/c1-3-11-4-5-14(19-8-11)7-15(17-2)12-6-13(16)10-18-9-12/h4-6,8-10,15,17H,3,7H2,1-2H3. The van der Waals surface area contributed by atoms with Gasteiger partial charge in [-0.2, -0.15) is 0 Å². The average Bonchev–Trinajstić information content (AvgIpc) is 2.45. The molecular formula is C15H18FN3. The maximum Gasteiger partial charge on any atom is 0.141 e. The quantitative estimate of drug-likeness (QED) is 0.897. The zero-order valence-corrected chi connectivity index (χ0v) is 11.2. The zero-order chi connectivity index (χ0) is 13.7. The maximum absolute atomic E-state index is 13.2. The highest BCUT2D eigenvalue weighted by Crippen LogP contribution is 2.17. The Labute approximate surface area is 112 Å². The molecule has 0 spiro atoms. The molecule has 0 saturated heterocycles. The highest BCUT2D eigenvalue weighted by molar-refractivity contribution is 5.20. The number of aromatic nitrogens is 2. The van der Waals surface area contributed by atoms with Gasteiger partial charge in [0.2, 0.25) is 0 Å². The van der Waals surface area contributed by atoms with Crippen LogP contribution in [0.5, 0.6) is 0 Å². The molecule has 1 N–H and O–H groups in total. The van der Waals surface area contributed by atoms with Gasteiger partial charge in [-0.3, -0.25) is 9.97 Å². The van der Waals surface area contributed by atoms with Crippen LogP contribution >= 0.6 is 0 Å². The van der Waals surface area contributed by atoms with Crippen LogP contribution in [0, 0.1) is 5.82 Å². The maximum atomic E-state index is 13.2. The van der Waals surface area contributed by atoms with E-state index >= 15 is 0 Å². The Kier molecular flexibility index (Phi) is 4.58. The summed E-state index contributed by atoms with van der Waals surface area (Å²) in [5.41, 5.74) is 3.04. The summed E-state index contributed by atoms with van der Waals surface area (Å²) >= 11 is 0. The third-order valence-corrected chi connectivity index (χ3v) is 3.18. The Morgan fingerprint density at radius 3 is 2.68 bits per heavy atom. The van der Waals surface area contributed by atoms with Crippen molar-refractivity contribution >= 4 is 0 Å². The lowest BCUT2D eigenvalue weighted by Crippen LogP contribution is -2.19. The van der Waals surface area contributed by atoms with Crippen molar-refractivity contribution in [1.29, 1.82) is 0 Å². The Morgan fingerprint density at radius 1 is 1.26 bits per heavy atom. The number of hydrogen-bond acceptors (Lipinski definition) is 3. The Hall–Kier alpha value is -1.81. The SMILES string of the molecule is CCc1ccc(CC(NC)c2cncc(F)c2)nc1. The number of pyridine rings is 2. The number of nitrogens with one attached hydrogen (secondary N) is 1. The summed E-state index contributed by atoms with van der Waals surface area (Å²) in [6, 6.07) is 5.63. The second-order valence-electron chi connectivity index (χ2n) is 4.49. The fourth-order valence-electron chi connectivity index (χ4n) is 2.00.